The Balaban J connectivity index is 2.61. The molecule has 3 nitrogen and oxygen atoms in total. The third-order valence-electron chi connectivity index (χ3n) is 2.43. The van der Waals surface area contributed by atoms with Gasteiger partial charge in [0.15, 0.2) is 0 Å². The number of aromatic nitrogens is 1. The largest absolute Gasteiger partial charge is 0.383 e. The van der Waals surface area contributed by atoms with Gasteiger partial charge in [-0.25, -0.2) is 4.98 Å². The Bertz CT molecular complexity index is 345. The number of hydrogen-bond donors (Lipinski definition) is 2. The molecule has 0 aliphatic carbocycles. The Morgan fingerprint density at radius 1 is 1.60 bits per heavy atom. The zero-order valence-electron chi connectivity index (χ0n) is 9.62. The van der Waals surface area contributed by atoms with E-state index in [0.717, 1.165) is 17.5 Å². The van der Waals surface area contributed by atoms with Crippen molar-refractivity contribution >= 4 is 11.9 Å². The van der Waals surface area contributed by atoms with Gasteiger partial charge in [-0.05, 0) is 44.5 Å². The Morgan fingerprint density at radius 3 is 2.93 bits per heavy atom. The van der Waals surface area contributed by atoms with Crippen LogP contribution in [-0.4, -0.2) is 18.1 Å². The second kappa shape index (κ2) is 5.51. The molecule has 1 rings (SSSR count). The third-order valence-corrected chi connectivity index (χ3v) is 2.43. The first kappa shape index (κ1) is 11.7. The summed E-state index contributed by atoms with van der Waals surface area (Å²) in [6.07, 6.45) is 7.03. The molecule has 0 saturated carbocycles. The molecule has 0 saturated heterocycles. The van der Waals surface area contributed by atoms with Crippen LogP contribution < -0.4 is 11.1 Å². The van der Waals surface area contributed by atoms with E-state index in [-0.39, 0.29) is 0 Å². The van der Waals surface area contributed by atoms with Gasteiger partial charge in [-0.15, -0.1) is 0 Å². The molecule has 1 heterocycles. The molecule has 0 amide bonds. The smallest absolute Gasteiger partial charge is 0.126 e. The van der Waals surface area contributed by atoms with Crippen LogP contribution in [0.3, 0.4) is 0 Å². The summed E-state index contributed by atoms with van der Waals surface area (Å²) in [5, 5.41) is 3.18. The highest BCUT2D eigenvalue weighted by molar-refractivity contribution is 5.52. The van der Waals surface area contributed by atoms with E-state index < -0.39 is 0 Å². The number of nitrogens with zero attached hydrogens (tertiary/aromatic N) is 1. The molecule has 15 heavy (non-hydrogen) atoms. The van der Waals surface area contributed by atoms with Crippen molar-refractivity contribution in [2.24, 2.45) is 0 Å². The van der Waals surface area contributed by atoms with E-state index in [1.807, 2.05) is 20.0 Å². The Labute approximate surface area is 91.4 Å². The van der Waals surface area contributed by atoms with Gasteiger partial charge in [0.2, 0.25) is 0 Å². The summed E-state index contributed by atoms with van der Waals surface area (Å²) in [6, 6.07) is 2.55. The van der Waals surface area contributed by atoms with Crippen molar-refractivity contribution in [3.05, 3.63) is 29.5 Å². The maximum absolute atomic E-state index is 5.64. The SMILES string of the molecule is CNC(C)CC=Cc1cnc(N)c(C)c1. The summed E-state index contributed by atoms with van der Waals surface area (Å²) >= 11 is 0. The van der Waals surface area contributed by atoms with Crippen molar-refractivity contribution in [1.29, 1.82) is 0 Å². The van der Waals surface area contributed by atoms with Gasteiger partial charge in [-0.1, -0.05) is 12.2 Å². The topological polar surface area (TPSA) is 50.9 Å². The van der Waals surface area contributed by atoms with Crippen molar-refractivity contribution in [2.45, 2.75) is 26.3 Å². The van der Waals surface area contributed by atoms with Gasteiger partial charge in [0.05, 0.1) is 0 Å². The van der Waals surface area contributed by atoms with E-state index in [9.17, 15) is 0 Å². The molecule has 1 aromatic heterocycles. The van der Waals surface area contributed by atoms with Crippen LogP contribution in [0.25, 0.3) is 6.08 Å². The number of anilines is 1. The predicted molar refractivity (Wildman–Crippen MR) is 65.6 cm³/mol. The molecule has 3 N–H and O–H groups in total. The Hall–Kier alpha value is -1.35. The molecule has 82 valence electrons. The lowest BCUT2D eigenvalue weighted by molar-refractivity contribution is 0.621. The number of nitrogen functional groups attached to an aromatic ring is 1. The summed E-state index contributed by atoms with van der Waals surface area (Å²) in [5.74, 6) is 0.607. The number of aryl methyl sites for hydroxylation is 1. The molecule has 0 aliphatic heterocycles. The van der Waals surface area contributed by atoms with E-state index in [1.54, 1.807) is 6.20 Å². The molecule has 0 spiro atoms. The fourth-order valence-corrected chi connectivity index (χ4v) is 1.22. The molecule has 0 aromatic carbocycles. The number of nitrogens with two attached hydrogens (primary N) is 1. The lowest BCUT2D eigenvalue weighted by Crippen LogP contribution is -2.19. The van der Waals surface area contributed by atoms with Crippen LogP contribution in [0.2, 0.25) is 0 Å². The third kappa shape index (κ3) is 3.72. The summed E-state index contributed by atoms with van der Waals surface area (Å²) in [5.41, 5.74) is 7.77. The second-order valence-electron chi connectivity index (χ2n) is 3.80. The fourth-order valence-electron chi connectivity index (χ4n) is 1.22. The van der Waals surface area contributed by atoms with Gasteiger partial charge >= 0.3 is 0 Å². The van der Waals surface area contributed by atoms with Crippen LogP contribution in [0.15, 0.2) is 18.3 Å². The van der Waals surface area contributed by atoms with Gasteiger partial charge in [-0.3, -0.25) is 0 Å². The van der Waals surface area contributed by atoms with E-state index in [2.05, 4.69) is 29.4 Å². The Morgan fingerprint density at radius 2 is 2.33 bits per heavy atom. The average molecular weight is 205 g/mol. The maximum atomic E-state index is 5.64. The first-order chi connectivity index (χ1) is 7.13. The quantitative estimate of drug-likeness (QED) is 0.790. The summed E-state index contributed by atoms with van der Waals surface area (Å²) in [7, 11) is 1.97. The Kier molecular flexibility index (Phi) is 4.31. The van der Waals surface area contributed by atoms with Gasteiger partial charge < -0.3 is 11.1 Å². The molecule has 0 bridgehead atoms. The van der Waals surface area contributed by atoms with Crippen molar-refractivity contribution in [2.75, 3.05) is 12.8 Å². The van der Waals surface area contributed by atoms with Gasteiger partial charge in [0, 0.05) is 12.2 Å². The van der Waals surface area contributed by atoms with Crippen LogP contribution in [0, 0.1) is 6.92 Å². The first-order valence-corrected chi connectivity index (χ1v) is 5.19. The number of rotatable bonds is 4. The zero-order valence-corrected chi connectivity index (χ0v) is 9.62. The summed E-state index contributed by atoms with van der Waals surface area (Å²) < 4.78 is 0. The normalized spacial score (nSPS) is 13.3. The van der Waals surface area contributed by atoms with Crippen molar-refractivity contribution in [1.82, 2.24) is 10.3 Å². The van der Waals surface area contributed by atoms with Crippen molar-refractivity contribution < 1.29 is 0 Å². The molecule has 1 unspecified atom stereocenters. The minimum atomic E-state index is 0.504. The van der Waals surface area contributed by atoms with Crippen LogP contribution in [0.1, 0.15) is 24.5 Å². The minimum Gasteiger partial charge on any atom is -0.383 e. The van der Waals surface area contributed by atoms with Crippen LogP contribution >= 0.6 is 0 Å². The van der Waals surface area contributed by atoms with E-state index in [1.165, 1.54) is 0 Å². The highest BCUT2D eigenvalue weighted by Crippen LogP contribution is 2.10. The van der Waals surface area contributed by atoms with Crippen LogP contribution in [0.5, 0.6) is 0 Å². The predicted octanol–water partition coefficient (Wildman–Crippen LogP) is 1.98. The van der Waals surface area contributed by atoms with Gasteiger partial charge in [-0.2, -0.15) is 0 Å². The lowest BCUT2D eigenvalue weighted by atomic mass is 10.1. The standard InChI is InChI=1S/C12H19N3/c1-9-7-11(8-15-12(9)13)6-4-5-10(2)14-3/h4,6-8,10,14H,5H2,1-3H3,(H2,13,15). The average Bonchev–Trinajstić information content (AvgIpc) is 2.23. The summed E-state index contributed by atoms with van der Waals surface area (Å²) in [4.78, 5) is 4.11. The number of pyridine rings is 1. The number of hydrogen-bond acceptors (Lipinski definition) is 3. The monoisotopic (exact) mass is 205 g/mol. The molecule has 3 heteroatoms. The highest BCUT2D eigenvalue weighted by atomic mass is 14.8. The molecule has 0 radical (unpaired) electrons. The van der Waals surface area contributed by atoms with Crippen LogP contribution in [-0.2, 0) is 0 Å². The maximum Gasteiger partial charge on any atom is 0.126 e. The second-order valence-corrected chi connectivity index (χ2v) is 3.80. The van der Waals surface area contributed by atoms with Crippen molar-refractivity contribution in [3.63, 3.8) is 0 Å². The van der Waals surface area contributed by atoms with E-state index in [4.69, 9.17) is 5.73 Å². The van der Waals surface area contributed by atoms with Gasteiger partial charge in [0.25, 0.3) is 0 Å². The van der Waals surface area contributed by atoms with E-state index in [0.29, 0.717) is 11.9 Å². The highest BCUT2D eigenvalue weighted by Gasteiger charge is 1.96. The molecule has 0 aliphatic rings. The summed E-state index contributed by atoms with van der Waals surface area (Å²) in [6.45, 7) is 4.12. The lowest BCUT2D eigenvalue weighted by Gasteiger charge is -2.05. The first-order valence-electron chi connectivity index (χ1n) is 5.19. The molecular formula is C12H19N3. The molecule has 0 fully saturated rings. The molecule has 1 atom stereocenters. The number of nitrogens with one attached hydrogen (secondary N) is 1. The van der Waals surface area contributed by atoms with Crippen LogP contribution in [0.4, 0.5) is 5.82 Å². The zero-order chi connectivity index (χ0) is 11.3. The van der Waals surface area contributed by atoms with Gasteiger partial charge in [0.1, 0.15) is 5.82 Å². The van der Waals surface area contributed by atoms with E-state index >= 15 is 0 Å². The fraction of sp³-hybridized carbons (Fsp3) is 0.417. The van der Waals surface area contributed by atoms with Crippen molar-refractivity contribution in [3.8, 4) is 0 Å². The minimum absolute atomic E-state index is 0.504. The molecular weight excluding hydrogens is 186 g/mol. The molecule has 1 aromatic rings.